The van der Waals surface area contributed by atoms with E-state index in [4.69, 9.17) is 5.11 Å². The highest BCUT2D eigenvalue weighted by atomic mass is 19.1. The van der Waals surface area contributed by atoms with Crippen molar-refractivity contribution in [1.82, 2.24) is 4.90 Å². The van der Waals surface area contributed by atoms with Crippen LogP contribution in [0.25, 0.3) is 6.08 Å². The van der Waals surface area contributed by atoms with E-state index in [0.717, 1.165) is 0 Å². The highest BCUT2D eigenvalue weighted by molar-refractivity contribution is 5.95. The molecule has 0 fully saturated rings. The summed E-state index contributed by atoms with van der Waals surface area (Å²) in [5, 5.41) is 9.15. The summed E-state index contributed by atoms with van der Waals surface area (Å²) in [5.74, 6) is -1.89. The van der Waals surface area contributed by atoms with E-state index in [1.807, 2.05) is 0 Å². The molecule has 0 radical (unpaired) electrons. The average Bonchev–Trinajstić information content (AvgIpc) is 2.36. The lowest BCUT2D eigenvalue weighted by molar-refractivity contribution is -0.154. The van der Waals surface area contributed by atoms with Crippen molar-refractivity contribution in [2.75, 3.05) is 6.54 Å². The van der Waals surface area contributed by atoms with E-state index in [-0.39, 0.29) is 6.54 Å². The van der Waals surface area contributed by atoms with Crippen LogP contribution in [-0.4, -0.2) is 34.0 Å². The number of hydrogen-bond donors (Lipinski definition) is 1. The first kappa shape index (κ1) is 15.9. The van der Waals surface area contributed by atoms with E-state index in [0.29, 0.717) is 5.56 Å². The Morgan fingerprint density at radius 2 is 2.05 bits per heavy atom. The first-order chi connectivity index (χ1) is 9.28. The molecule has 4 nitrogen and oxygen atoms in total. The zero-order chi connectivity index (χ0) is 15.3. The molecule has 0 saturated heterocycles. The molecule has 0 unspecified atom stereocenters. The summed E-state index contributed by atoms with van der Waals surface area (Å²) in [6.45, 7) is 4.91. The Labute approximate surface area is 117 Å². The molecule has 0 aromatic heterocycles. The van der Waals surface area contributed by atoms with Gasteiger partial charge in [-0.25, -0.2) is 9.18 Å². The third kappa shape index (κ3) is 3.66. The number of carboxylic acid groups (broad SMARTS) is 1. The van der Waals surface area contributed by atoms with Gasteiger partial charge >= 0.3 is 5.97 Å². The Balaban J connectivity index is 2.91. The normalized spacial score (nSPS) is 11.6. The van der Waals surface area contributed by atoms with E-state index in [2.05, 4.69) is 0 Å². The second-order valence-corrected chi connectivity index (χ2v) is 4.84. The van der Waals surface area contributed by atoms with Crippen LogP contribution in [0.5, 0.6) is 0 Å². The Bertz CT molecular complexity index is 538. The van der Waals surface area contributed by atoms with Gasteiger partial charge in [0.05, 0.1) is 0 Å². The van der Waals surface area contributed by atoms with Gasteiger partial charge in [0.25, 0.3) is 0 Å². The number of rotatable bonds is 5. The number of nitrogens with zero attached hydrogens (tertiary/aromatic N) is 1. The zero-order valence-corrected chi connectivity index (χ0v) is 11.8. The fourth-order valence-corrected chi connectivity index (χ4v) is 1.81. The van der Waals surface area contributed by atoms with Gasteiger partial charge in [-0.05, 0) is 44.5 Å². The summed E-state index contributed by atoms with van der Waals surface area (Å²) >= 11 is 0. The minimum absolute atomic E-state index is 0.269. The maximum absolute atomic E-state index is 13.0. The number of halogens is 1. The second-order valence-electron chi connectivity index (χ2n) is 4.84. The minimum Gasteiger partial charge on any atom is -0.480 e. The molecule has 5 heteroatoms. The number of carboxylic acids is 1. The lowest BCUT2D eigenvalue weighted by Crippen LogP contribution is -2.52. The predicted octanol–water partition coefficient (Wildman–Crippen LogP) is 2.55. The standard InChI is InChI=1S/C15H18FNO3/c1-4-17(15(2,3)14(19)20)13(18)9-8-11-6-5-7-12(16)10-11/h5-10H,4H2,1-3H3,(H,19,20). The van der Waals surface area contributed by atoms with Crippen LogP contribution in [0.15, 0.2) is 30.3 Å². The van der Waals surface area contributed by atoms with Gasteiger partial charge in [0.15, 0.2) is 0 Å². The van der Waals surface area contributed by atoms with Crippen LogP contribution in [0.1, 0.15) is 26.3 Å². The number of carbonyl (C=O) groups is 2. The van der Waals surface area contributed by atoms with E-state index in [1.54, 1.807) is 13.0 Å². The van der Waals surface area contributed by atoms with E-state index in [9.17, 15) is 14.0 Å². The molecular weight excluding hydrogens is 261 g/mol. The average molecular weight is 279 g/mol. The first-order valence-corrected chi connectivity index (χ1v) is 6.27. The number of likely N-dealkylation sites (N-methyl/N-ethyl adjacent to an activating group) is 1. The maximum Gasteiger partial charge on any atom is 0.329 e. The molecule has 0 bridgehead atoms. The van der Waals surface area contributed by atoms with Crippen LogP contribution < -0.4 is 0 Å². The van der Waals surface area contributed by atoms with Crippen molar-refractivity contribution in [2.24, 2.45) is 0 Å². The van der Waals surface area contributed by atoms with Crippen molar-refractivity contribution in [3.05, 3.63) is 41.7 Å². The molecule has 0 spiro atoms. The summed E-state index contributed by atoms with van der Waals surface area (Å²) < 4.78 is 13.0. The monoisotopic (exact) mass is 279 g/mol. The van der Waals surface area contributed by atoms with Crippen LogP contribution in [0, 0.1) is 5.82 Å². The molecule has 0 heterocycles. The van der Waals surface area contributed by atoms with Gasteiger partial charge in [0.1, 0.15) is 11.4 Å². The molecule has 1 aromatic carbocycles. The number of amides is 1. The van der Waals surface area contributed by atoms with Gasteiger partial charge in [0.2, 0.25) is 5.91 Å². The summed E-state index contributed by atoms with van der Waals surface area (Å²) in [6, 6.07) is 5.80. The Morgan fingerprint density at radius 1 is 1.40 bits per heavy atom. The molecule has 0 saturated carbocycles. The molecule has 0 aliphatic carbocycles. The van der Waals surface area contributed by atoms with Gasteiger partial charge in [-0.3, -0.25) is 4.79 Å². The van der Waals surface area contributed by atoms with E-state index >= 15 is 0 Å². The zero-order valence-electron chi connectivity index (χ0n) is 11.8. The van der Waals surface area contributed by atoms with Crippen LogP contribution in [0.2, 0.25) is 0 Å². The SMILES string of the molecule is CCN(C(=O)C=Cc1cccc(F)c1)C(C)(C)C(=O)O. The number of carbonyl (C=O) groups excluding carboxylic acids is 1. The van der Waals surface area contributed by atoms with Crippen molar-refractivity contribution < 1.29 is 19.1 Å². The Kier molecular flexibility index (Phi) is 5.02. The Morgan fingerprint density at radius 3 is 2.55 bits per heavy atom. The van der Waals surface area contributed by atoms with Crippen molar-refractivity contribution >= 4 is 18.0 Å². The van der Waals surface area contributed by atoms with Crippen LogP contribution in [0.3, 0.4) is 0 Å². The molecule has 108 valence electrons. The van der Waals surface area contributed by atoms with Gasteiger partial charge < -0.3 is 10.0 Å². The molecule has 1 aromatic rings. The van der Waals surface area contributed by atoms with Gasteiger partial charge in [-0.1, -0.05) is 12.1 Å². The summed E-state index contributed by atoms with van der Waals surface area (Å²) in [7, 11) is 0. The molecular formula is C15H18FNO3. The third-order valence-corrected chi connectivity index (χ3v) is 3.05. The van der Waals surface area contributed by atoms with Crippen molar-refractivity contribution in [3.8, 4) is 0 Å². The summed E-state index contributed by atoms with van der Waals surface area (Å²) in [5.41, 5.74) is -0.750. The summed E-state index contributed by atoms with van der Waals surface area (Å²) in [4.78, 5) is 24.5. The highest BCUT2D eigenvalue weighted by Gasteiger charge is 2.35. The van der Waals surface area contributed by atoms with Gasteiger partial charge in [-0.2, -0.15) is 0 Å². The smallest absolute Gasteiger partial charge is 0.329 e. The quantitative estimate of drug-likeness (QED) is 0.843. The second kappa shape index (κ2) is 6.32. The molecule has 20 heavy (non-hydrogen) atoms. The third-order valence-electron chi connectivity index (χ3n) is 3.05. The Hall–Kier alpha value is -2.17. The van der Waals surface area contributed by atoms with Crippen LogP contribution in [-0.2, 0) is 9.59 Å². The molecule has 1 rings (SSSR count). The molecule has 0 aliphatic heterocycles. The van der Waals surface area contributed by atoms with E-state index < -0.39 is 23.2 Å². The van der Waals surface area contributed by atoms with Crippen LogP contribution >= 0.6 is 0 Å². The van der Waals surface area contributed by atoms with Crippen molar-refractivity contribution in [2.45, 2.75) is 26.3 Å². The predicted molar refractivity (Wildman–Crippen MR) is 74.5 cm³/mol. The number of hydrogen-bond acceptors (Lipinski definition) is 2. The minimum atomic E-state index is -1.29. The lowest BCUT2D eigenvalue weighted by Gasteiger charge is -2.33. The van der Waals surface area contributed by atoms with Crippen LogP contribution in [0.4, 0.5) is 4.39 Å². The topological polar surface area (TPSA) is 57.6 Å². The van der Waals surface area contributed by atoms with Gasteiger partial charge in [-0.15, -0.1) is 0 Å². The van der Waals surface area contributed by atoms with Crippen molar-refractivity contribution in [1.29, 1.82) is 0 Å². The lowest BCUT2D eigenvalue weighted by atomic mass is 10.0. The number of benzene rings is 1. The van der Waals surface area contributed by atoms with Gasteiger partial charge in [0, 0.05) is 12.6 Å². The molecule has 1 amide bonds. The fraction of sp³-hybridized carbons (Fsp3) is 0.333. The van der Waals surface area contributed by atoms with E-state index in [1.165, 1.54) is 49.1 Å². The summed E-state index contributed by atoms with van der Waals surface area (Å²) in [6.07, 6.45) is 2.72. The molecule has 0 aliphatic rings. The fourth-order valence-electron chi connectivity index (χ4n) is 1.81. The largest absolute Gasteiger partial charge is 0.480 e. The molecule has 1 N–H and O–H groups in total. The first-order valence-electron chi connectivity index (χ1n) is 6.27. The van der Waals surface area contributed by atoms with Crippen molar-refractivity contribution in [3.63, 3.8) is 0 Å². The molecule has 0 atom stereocenters. The maximum atomic E-state index is 13.0. The highest BCUT2D eigenvalue weighted by Crippen LogP contribution is 2.16. The number of aliphatic carboxylic acids is 1.